The number of benzene rings is 1. The van der Waals surface area contributed by atoms with Crippen LogP contribution in [-0.2, 0) is 4.79 Å². The molecule has 7 heteroatoms. The van der Waals surface area contributed by atoms with Gasteiger partial charge < -0.3 is 4.74 Å². The summed E-state index contributed by atoms with van der Waals surface area (Å²) in [6.07, 6.45) is 2.12. The number of hydrogen-bond acceptors (Lipinski definition) is 6. The van der Waals surface area contributed by atoms with Gasteiger partial charge in [0.05, 0.1) is 5.69 Å². The molecule has 6 nitrogen and oxygen atoms in total. The van der Waals surface area contributed by atoms with E-state index in [9.17, 15) is 4.79 Å². The Morgan fingerprint density at radius 2 is 2.14 bits per heavy atom. The molecule has 3 rings (SSSR count). The fourth-order valence-electron chi connectivity index (χ4n) is 2.49. The molecule has 1 aromatic carbocycles. The number of ether oxygens (including phenoxy) is 1. The van der Waals surface area contributed by atoms with Gasteiger partial charge in [-0.2, -0.15) is 4.98 Å². The number of fused-ring (bicyclic) bond motifs is 3. The van der Waals surface area contributed by atoms with Crippen molar-refractivity contribution in [1.29, 1.82) is 0 Å². The van der Waals surface area contributed by atoms with Crippen LogP contribution >= 0.6 is 11.8 Å². The minimum atomic E-state index is -0.411. The number of para-hydroxylation sites is 1. The number of hydrogen-bond donors (Lipinski definition) is 0. The van der Waals surface area contributed by atoms with Crippen molar-refractivity contribution in [2.75, 3.05) is 11.2 Å². The molecule has 114 valence electrons. The minimum Gasteiger partial charge on any atom is -0.451 e. The van der Waals surface area contributed by atoms with E-state index in [4.69, 9.17) is 4.74 Å². The highest BCUT2D eigenvalue weighted by Gasteiger charge is 2.32. The zero-order valence-corrected chi connectivity index (χ0v) is 13.4. The van der Waals surface area contributed by atoms with E-state index >= 15 is 0 Å². The summed E-state index contributed by atoms with van der Waals surface area (Å²) in [5.41, 5.74) is 2.14. The van der Waals surface area contributed by atoms with Gasteiger partial charge in [0.2, 0.25) is 16.9 Å². The number of anilines is 1. The molecular formula is C15H16N4O2S. The standard InChI is InChI=1S/C15H16N4O2S/c1-4-12-19(9(2)20)11-8-6-5-7-10(11)13-14(21-12)16-15(22-3)18-17-13/h5-8,12H,4H2,1-3H3. The molecule has 0 fully saturated rings. The number of carbonyl (C=O) groups is 1. The van der Waals surface area contributed by atoms with Crippen LogP contribution in [0.1, 0.15) is 20.3 Å². The Morgan fingerprint density at radius 3 is 2.82 bits per heavy atom. The fourth-order valence-corrected chi connectivity index (χ4v) is 2.79. The van der Waals surface area contributed by atoms with E-state index in [1.807, 2.05) is 37.4 Å². The Kier molecular flexibility index (Phi) is 3.98. The molecule has 0 aliphatic carbocycles. The van der Waals surface area contributed by atoms with Crippen LogP contribution in [0.2, 0.25) is 0 Å². The van der Waals surface area contributed by atoms with Crippen LogP contribution in [0.3, 0.4) is 0 Å². The molecule has 1 aliphatic rings. The molecule has 1 aromatic heterocycles. The molecule has 2 aromatic rings. The molecule has 1 amide bonds. The Bertz CT molecular complexity index is 722. The average Bonchev–Trinajstić information content (AvgIpc) is 2.68. The maximum atomic E-state index is 12.1. The second kappa shape index (κ2) is 5.92. The van der Waals surface area contributed by atoms with Gasteiger partial charge in [-0.3, -0.25) is 9.69 Å². The van der Waals surface area contributed by atoms with Crippen molar-refractivity contribution in [3.8, 4) is 17.1 Å². The van der Waals surface area contributed by atoms with Crippen molar-refractivity contribution in [2.45, 2.75) is 31.7 Å². The summed E-state index contributed by atoms with van der Waals surface area (Å²) >= 11 is 1.40. The van der Waals surface area contributed by atoms with Gasteiger partial charge in [0, 0.05) is 18.9 Å². The topological polar surface area (TPSA) is 68.2 Å². The van der Waals surface area contributed by atoms with Crippen molar-refractivity contribution in [3.63, 3.8) is 0 Å². The smallest absolute Gasteiger partial charge is 0.247 e. The predicted octanol–water partition coefficient (Wildman–Crippen LogP) is 2.74. The average molecular weight is 316 g/mol. The van der Waals surface area contributed by atoms with Crippen LogP contribution in [-0.4, -0.2) is 33.6 Å². The third-order valence-electron chi connectivity index (χ3n) is 3.46. The van der Waals surface area contributed by atoms with E-state index in [-0.39, 0.29) is 5.91 Å². The second-order valence-electron chi connectivity index (χ2n) is 4.84. The normalized spacial score (nSPS) is 16.3. The number of rotatable bonds is 2. The van der Waals surface area contributed by atoms with Gasteiger partial charge in [0.25, 0.3) is 0 Å². The number of thioether (sulfide) groups is 1. The number of aromatic nitrogens is 3. The van der Waals surface area contributed by atoms with Crippen LogP contribution in [0.25, 0.3) is 11.3 Å². The zero-order valence-electron chi connectivity index (χ0n) is 12.6. The van der Waals surface area contributed by atoms with Crippen molar-refractivity contribution >= 4 is 23.4 Å². The molecule has 2 heterocycles. The SMILES string of the molecule is CCC1Oc2nc(SC)nnc2-c2ccccc2N1C(C)=O. The Balaban J connectivity index is 2.25. The quantitative estimate of drug-likeness (QED) is 0.794. The van der Waals surface area contributed by atoms with E-state index < -0.39 is 6.23 Å². The Labute approximate surface area is 132 Å². The maximum Gasteiger partial charge on any atom is 0.247 e. The second-order valence-corrected chi connectivity index (χ2v) is 5.61. The highest BCUT2D eigenvalue weighted by molar-refractivity contribution is 7.98. The molecule has 0 bridgehead atoms. The molecule has 0 saturated heterocycles. The molecular weight excluding hydrogens is 300 g/mol. The lowest BCUT2D eigenvalue weighted by molar-refractivity contribution is -0.118. The molecule has 1 atom stereocenters. The first-order valence-electron chi connectivity index (χ1n) is 7.00. The summed E-state index contributed by atoms with van der Waals surface area (Å²) in [5.74, 6) is 0.340. The lowest BCUT2D eigenvalue weighted by atomic mass is 10.1. The summed E-state index contributed by atoms with van der Waals surface area (Å²) < 4.78 is 5.98. The largest absolute Gasteiger partial charge is 0.451 e. The fraction of sp³-hybridized carbons (Fsp3) is 0.333. The van der Waals surface area contributed by atoms with Gasteiger partial charge in [0.1, 0.15) is 0 Å². The maximum absolute atomic E-state index is 12.1. The van der Waals surface area contributed by atoms with Gasteiger partial charge in [-0.05, 0) is 12.3 Å². The summed E-state index contributed by atoms with van der Waals surface area (Å²) in [5, 5.41) is 8.89. The predicted molar refractivity (Wildman–Crippen MR) is 84.9 cm³/mol. The molecule has 1 unspecified atom stereocenters. The summed E-state index contributed by atoms with van der Waals surface area (Å²) in [6, 6.07) is 7.59. The molecule has 0 spiro atoms. The van der Waals surface area contributed by atoms with Gasteiger partial charge in [-0.15, -0.1) is 10.2 Å². The summed E-state index contributed by atoms with van der Waals surface area (Å²) in [7, 11) is 0. The number of nitrogens with zero attached hydrogens (tertiary/aromatic N) is 4. The highest BCUT2D eigenvalue weighted by atomic mass is 32.2. The molecule has 0 radical (unpaired) electrons. The lowest BCUT2D eigenvalue weighted by Gasteiger charge is -2.28. The van der Waals surface area contributed by atoms with E-state index in [2.05, 4.69) is 15.2 Å². The lowest BCUT2D eigenvalue weighted by Crippen LogP contribution is -2.42. The van der Waals surface area contributed by atoms with Crippen LogP contribution < -0.4 is 9.64 Å². The van der Waals surface area contributed by atoms with E-state index in [1.165, 1.54) is 18.7 Å². The van der Waals surface area contributed by atoms with E-state index in [1.54, 1.807) is 4.90 Å². The molecule has 0 N–H and O–H groups in total. The van der Waals surface area contributed by atoms with E-state index in [0.717, 1.165) is 11.3 Å². The third-order valence-corrected chi connectivity index (χ3v) is 4.00. The summed E-state index contributed by atoms with van der Waals surface area (Å²) in [4.78, 5) is 18.2. The minimum absolute atomic E-state index is 0.0786. The number of carbonyl (C=O) groups excluding carboxylic acids is 1. The Hall–Kier alpha value is -2.15. The van der Waals surface area contributed by atoms with Gasteiger partial charge >= 0.3 is 0 Å². The molecule has 0 saturated carbocycles. The first kappa shape index (κ1) is 14.8. The highest BCUT2D eigenvalue weighted by Crippen LogP contribution is 2.39. The van der Waals surface area contributed by atoms with Crippen molar-refractivity contribution in [3.05, 3.63) is 24.3 Å². The van der Waals surface area contributed by atoms with Crippen molar-refractivity contribution in [2.24, 2.45) is 0 Å². The van der Waals surface area contributed by atoms with Crippen LogP contribution in [0.15, 0.2) is 29.4 Å². The van der Waals surface area contributed by atoms with Crippen LogP contribution in [0, 0.1) is 0 Å². The van der Waals surface area contributed by atoms with Crippen LogP contribution in [0.5, 0.6) is 5.88 Å². The monoisotopic (exact) mass is 316 g/mol. The van der Waals surface area contributed by atoms with Crippen LogP contribution in [0.4, 0.5) is 5.69 Å². The van der Waals surface area contributed by atoms with Gasteiger partial charge in [-0.1, -0.05) is 36.9 Å². The Morgan fingerprint density at radius 1 is 1.36 bits per heavy atom. The molecule has 1 aliphatic heterocycles. The zero-order chi connectivity index (χ0) is 15.7. The third kappa shape index (κ3) is 2.41. The first-order valence-corrected chi connectivity index (χ1v) is 8.22. The summed E-state index contributed by atoms with van der Waals surface area (Å²) in [6.45, 7) is 3.50. The van der Waals surface area contributed by atoms with E-state index in [0.29, 0.717) is 23.2 Å². The van der Waals surface area contributed by atoms with Gasteiger partial charge in [0.15, 0.2) is 11.9 Å². The van der Waals surface area contributed by atoms with Crippen molar-refractivity contribution in [1.82, 2.24) is 15.2 Å². The van der Waals surface area contributed by atoms with Gasteiger partial charge in [-0.25, -0.2) is 0 Å². The molecule has 22 heavy (non-hydrogen) atoms. The van der Waals surface area contributed by atoms with Crippen molar-refractivity contribution < 1.29 is 9.53 Å². The number of amides is 1. The first-order chi connectivity index (χ1) is 10.7.